The van der Waals surface area contributed by atoms with Crippen molar-refractivity contribution in [2.24, 2.45) is 5.92 Å². The number of terminal acetylenes is 1. The SMILES string of the molecule is C#CCN(CCC)C(=O)C1CCC(F)(F)CC1. The van der Waals surface area contributed by atoms with Crippen molar-refractivity contribution in [2.75, 3.05) is 13.1 Å². The normalized spacial score (nSPS) is 19.6. The number of carbonyl (C=O) groups is 1. The molecule has 4 heteroatoms. The van der Waals surface area contributed by atoms with Crippen molar-refractivity contribution in [2.45, 2.75) is 45.0 Å². The van der Waals surface area contributed by atoms with E-state index in [0.717, 1.165) is 6.42 Å². The zero-order chi connectivity index (χ0) is 12.9. The van der Waals surface area contributed by atoms with Crippen LogP contribution in [0.1, 0.15) is 39.0 Å². The summed E-state index contributed by atoms with van der Waals surface area (Å²) in [7, 11) is 0. The Bertz CT molecular complexity index is 299. The Balaban J connectivity index is 2.54. The molecule has 0 aromatic rings. The third kappa shape index (κ3) is 3.99. The Morgan fingerprint density at radius 2 is 2.06 bits per heavy atom. The molecule has 0 aromatic heterocycles. The maximum Gasteiger partial charge on any atom is 0.248 e. The van der Waals surface area contributed by atoms with Gasteiger partial charge in [0.2, 0.25) is 11.8 Å². The summed E-state index contributed by atoms with van der Waals surface area (Å²) in [4.78, 5) is 13.7. The van der Waals surface area contributed by atoms with Crippen molar-refractivity contribution in [1.82, 2.24) is 4.90 Å². The summed E-state index contributed by atoms with van der Waals surface area (Å²) in [5.74, 6) is -0.463. The van der Waals surface area contributed by atoms with Crippen LogP contribution in [-0.4, -0.2) is 29.8 Å². The molecule has 0 unspecified atom stereocenters. The fourth-order valence-corrected chi connectivity index (χ4v) is 2.19. The van der Waals surface area contributed by atoms with Gasteiger partial charge in [0, 0.05) is 25.3 Å². The summed E-state index contributed by atoms with van der Waals surface area (Å²) in [6.07, 6.45) is 6.22. The van der Waals surface area contributed by atoms with E-state index < -0.39 is 5.92 Å². The molecule has 0 aliphatic heterocycles. The molecule has 0 spiro atoms. The first kappa shape index (κ1) is 14.0. The zero-order valence-electron chi connectivity index (χ0n) is 10.2. The van der Waals surface area contributed by atoms with Crippen molar-refractivity contribution in [1.29, 1.82) is 0 Å². The lowest BCUT2D eigenvalue weighted by atomic mass is 9.86. The number of halogens is 2. The largest absolute Gasteiger partial charge is 0.331 e. The van der Waals surface area contributed by atoms with Gasteiger partial charge in [-0.2, -0.15) is 0 Å². The van der Waals surface area contributed by atoms with E-state index in [9.17, 15) is 13.6 Å². The molecule has 1 aliphatic carbocycles. The van der Waals surface area contributed by atoms with E-state index in [2.05, 4.69) is 5.92 Å². The third-order valence-corrected chi connectivity index (χ3v) is 3.15. The molecule has 0 bridgehead atoms. The lowest BCUT2D eigenvalue weighted by Gasteiger charge is -2.31. The van der Waals surface area contributed by atoms with Crippen molar-refractivity contribution in [3.63, 3.8) is 0 Å². The number of hydrogen-bond acceptors (Lipinski definition) is 1. The first-order valence-corrected chi connectivity index (χ1v) is 6.10. The number of alkyl halides is 2. The predicted octanol–water partition coefficient (Wildman–Crippen LogP) is 2.68. The molecule has 2 nitrogen and oxygen atoms in total. The fraction of sp³-hybridized carbons (Fsp3) is 0.769. The Morgan fingerprint density at radius 3 is 2.53 bits per heavy atom. The first-order valence-electron chi connectivity index (χ1n) is 6.10. The van der Waals surface area contributed by atoms with Crippen molar-refractivity contribution in [3.8, 4) is 12.3 Å². The maximum absolute atomic E-state index is 13.0. The predicted molar refractivity (Wildman–Crippen MR) is 62.6 cm³/mol. The summed E-state index contributed by atoms with van der Waals surface area (Å²) in [5, 5.41) is 0. The molecule has 0 saturated heterocycles. The van der Waals surface area contributed by atoms with E-state index in [-0.39, 0.29) is 44.1 Å². The minimum Gasteiger partial charge on any atom is -0.331 e. The molecule has 1 rings (SSSR count). The molecule has 1 fully saturated rings. The molecule has 96 valence electrons. The van der Waals surface area contributed by atoms with Crippen LogP contribution in [-0.2, 0) is 4.79 Å². The average Bonchev–Trinajstić information content (AvgIpc) is 2.28. The lowest BCUT2D eigenvalue weighted by Crippen LogP contribution is -2.40. The Kier molecular flexibility index (Phi) is 4.92. The van der Waals surface area contributed by atoms with Gasteiger partial charge < -0.3 is 4.90 Å². The minimum absolute atomic E-state index is 0.0553. The van der Waals surface area contributed by atoms with Gasteiger partial charge in [-0.25, -0.2) is 8.78 Å². The highest BCUT2D eigenvalue weighted by Gasteiger charge is 2.38. The molecule has 1 aliphatic rings. The number of amides is 1. The van der Waals surface area contributed by atoms with Crippen LogP contribution >= 0.6 is 0 Å². The van der Waals surface area contributed by atoms with Crippen LogP contribution in [0.4, 0.5) is 8.78 Å². The van der Waals surface area contributed by atoms with Crippen LogP contribution in [0.15, 0.2) is 0 Å². The number of carbonyl (C=O) groups excluding carboxylic acids is 1. The Morgan fingerprint density at radius 1 is 1.47 bits per heavy atom. The molecule has 1 amide bonds. The summed E-state index contributed by atoms with van der Waals surface area (Å²) >= 11 is 0. The van der Waals surface area contributed by atoms with Gasteiger partial charge in [-0.15, -0.1) is 6.42 Å². The van der Waals surface area contributed by atoms with Gasteiger partial charge >= 0.3 is 0 Å². The smallest absolute Gasteiger partial charge is 0.248 e. The monoisotopic (exact) mass is 243 g/mol. The number of hydrogen-bond donors (Lipinski definition) is 0. The number of rotatable bonds is 4. The van der Waals surface area contributed by atoms with E-state index in [0.29, 0.717) is 6.54 Å². The van der Waals surface area contributed by atoms with Gasteiger partial charge in [0.15, 0.2) is 0 Å². The van der Waals surface area contributed by atoms with E-state index in [1.807, 2.05) is 6.92 Å². The summed E-state index contributed by atoms with van der Waals surface area (Å²) in [6.45, 7) is 2.85. The van der Waals surface area contributed by atoms with Crippen molar-refractivity contribution >= 4 is 5.91 Å². The van der Waals surface area contributed by atoms with Crippen LogP contribution in [0.25, 0.3) is 0 Å². The van der Waals surface area contributed by atoms with Gasteiger partial charge in [-0.3, -0.25) is 4.79 Å². The summed E-state index contributed by atoms with van der Waals surface area (Å²) in [6, 6.07) is 0. The second-order valence-electron chi connectivity index (χ2n) is 4.59. The zero-order valence-corrected chi connectivity index (χ0v) is 10.2. The Labute approximate surface area is 101 Å². The van der Waals surface area contributed by atoms with E-state index in [1.54, 1.807) is 4.90 Å². The quantitative estimate of drug-likeness (QED) is 0.695. The van der Waals surface area contributed by atoms with Gasteiger partial charge in [0.25, 0.3) is 0 Å². The highest BCUT2D eigenvalue weighted by Crippen LogP contribution is 2.36. The maximum atomic E-state index is 13.0. The number of nitrogens with zero attached hydrogens (tertiary/aromatic N) is 1. The van der Waals surface area contributed by atoms with Crippen LogP contribution in [0.5, 0.6) is 0 Å². The van der Waals surface area contributed by atoms with Crippen LogP contribution in [0, 0.1) is 18.3 Å². The lowest BCUT2D eigenvalue weighted by molar-refractivity contribution is -0.139. The molecular formula is C13H19F2NO. The summed E-state index contributed by atoms with van der Waals surface area (Å²) in [5.41, 5.74) is 0. The highest BCUT2D eigenvalue weighted by atomic mass is 19.3. The summed E-state index contributed by atoms with van der Waals surface area (Å²) < 4.78 is 26.0. The molecule has 0 heterocycles. The second kappa shape index (κ2) is 6.00. The van der Waals surface area contributed by atoms with Gasteiger partial charge in [0.05, 0.1) is 6.54 Å². The molecule has 0 radical (unpaired) electrons. The van der Waals surface area contributed by atoms with Gasteiger partial charge in [-0.05, 0) is 19.3 Å². The molecule has 1 saturated carbocycles. The van der Waals surface area contributed by atoms with Crippen LogP contribution in [0.3, 0.4) is 0 Å². The Hall–Kier alpha value is -1.11. The molecule has 0 aromatic carbocycles. The molecule has 0 atom stereocenters. The van der Waals surface area contributed by atoms with Gasteiger partial charge in [-0.1, -0.05) is 12.8 Å². The minimum atomic E-state index is -2.58. The topological polar surface area (TPSA) is 20.3 Å². The van der Waals surface area contributed by atoms with Crippen molar-refractivity contribution < 1.29 is 13.6 Å². The van der Waals surface area contributed by atoms with E-state index >= 15 is 0 Å². The first-order chi connectivity index (χ1) is 8.00. The van der Waals surface area contributed by atoms with Crippen LogP contribution in [0.2, 0.25) is 0 Å². The van der Waals surface area contributed by atoms with E-state index in [4.69, 9.17) is 6.42 Å². The average molecular weight is 243 g/mol. The standard InChI is InChI=1S/C13H19F2NO/c1-3-9-16(10-4-2)12(17)11-5-7-13(14,15)8-6-11/h1,11H,4-10H2,2H3. The van der Waals surface area contributed by atoms with E-state index in [1.165, 1.54) is 0 Å². The van der Waals surface area contributed by atoms with Crippen LogP contribution < -0.4 is 0 Å². The fourth-order valence-electron chi connectivity index (χ4n) is 2.19. The second-order valence-corrected chi connectivity index (χ2v) is 4.59. The molecular weight excluding hydrogens is 224 g/mol. The third-order valence-electron chi connectivity index (χ3n) is 3.15. The molecule has 17 heavy (non-hydrogen) atoms. The van der Waals surface area contributed by atoms with Crippen molar-refractivity contribution in [3.05, 3.63) is 0 Å². The van der Waals surface area contributed by atoms with Gasteiger partial charge in [0.1, 0.15) is 0 Å². The molecule has 0 N–H and O–H groups in total. The highest BCUT2D eigenvalue weighted by molar-refractivity contribution is 5.79.